The number of rotatable bonds is 2. The average molecular weight is 565 g/mol. The van der Waals surface area contributed by atoms with Crippen LogP contribution in [0.15, 0.2) is 140 Å². The second-order valence-corrected chi connectivity index (χ2v) is 12.5. The largest absolute Gasteiger partial charge is 0.354 e. The number of nitrogens with zero attached hydrogens (tertiary/aromatic N) is 1. The van der Waals surface area contributed by atoms with Crippen LogP contribution < -0.4 is 0 Å². The van der Waals surface area contributed by atoms with Crippen molar-refractivity contribution in [3.05, 3.63) is 140 Å². The molecule has 0 spiro atoms. The number of fused-ring (bicyclic) bond motifs is 11. The third-order valence-electron chi connectivity index (χ3n) is 9.10. The summed E-state index contributed by atoms with van der Waals surface area (Å²) in [5.74, 6) is 0. The van der Waals surface area contributed by atoms with Crippen molar-refractivity contribution in [2.75, 3.05) is 0 Å². The molecule has 200 valence electrons. The molecular weight excluding hydrogens is 541 g/mol. The van der Waals surface area contributed by atoms with Crippen LogP contribution in [0.2, 0.25) is 0 Å². The Labute approximate surface area is 251 Å². The van der Waals surface area contributed by atoms with Crippen LogP contribution in [0, 0.1) is 0 Å². The molecule has 0 amide bonds. The summed E-state index contributed by atoms with van der Waals surface area (Å²) in [7, 11) is 0. The molecule has 7 aromatic carbocycles. The van der Waals surface area contributed by atoms with Crippen LogP contribution >= 0.6 is 11.3 Å². The van der Waals surface area contributed by atoms with Gasteiger partial charge in [0.25, 0.3) is 0 Å². The van der Waals surface area contributed by atoms with Gasteiger partial charge < -0.3 is 9.55 Å². The molecule has 0 aliphatic rings. The van der Waals surface area contributed by atoms with E-state index in [1.54, 1.807) is 0 Å². The summed E-state index contributed by atoms with van der Waals surface area (Å²) in [6.45, 7) is 0. The van der Waals surface area contributed by atoms with Gasteiger partial charge in [-0.3, -0.25) is 0 Å². The van der Waals surface area contributed by atoms with E-state index in [0.717, 1.165) is 0 Å². The van der Waals surface area contributed by atoms with Crippen LogP contribution in [-0.2, 0) is 0 Å². The fourth-order valence-corrected chi connectivity index (χ4v) is 8.32. The second-order valence-electron chi connectivity index (χ2n) is 11.5. The minimum Gasteiger partial charge on any atom is -0.354 e. The number of nitrogens with one attached hydrogen (secondary N) is 1. The molecule has 10 rings (SSSR count). The third kappa shape index (κ3) is 3.28. The number of hydrogen-bond acceptors (Lipinski definition) is 1. The quantitative estimate of drug-likeness (QED) is 0.216. The number of aromatic amines is 1. The standard InChI is InChI=1S/C40H24N2S/c1-2-8-27(9-3-1)42-37-12-6-4-10-28(37)34-21-25(16-19-38(34)42)24-15-18-35-32(20-24)33-22-26-14-17-30-29-11-5-7-13-39(29)43-40(30)31(26)23-36(33)41-35/h1-23,41H. The Morgan fingerprint density at radius 2 is 1.16 bits per heavy atom. The summed E-state index contributed by atoms with van der Waals surface area (Å²) in [5, 5.41) is 10.4. The molecule has 2 nitrogen and oxygen atoms in total. The second kappa shape index (κ2) is 8.57. The van der Waals surface area contributed by atoms with E-state index >= 15 is 0 Å². The number of hydrogen-bond donors (Lipinski definition) is 1. The maximum Gasteiger partial charge on any atom is 0.0541 e. The Hall–Kier alpha value is -5.38. The predicted octanol–water partition coefficient (Wildman–Crippen LogP) is 11.6. The minimum atomic E-state index is 1.17. The molecular formula is C40H24N2S. The molecule has 1 N–H and O–H groups in total. The molecule has 3 aromatic heterocycles. The first-order valence-corrected chi connectivity index (χ1v) is 15.5. The lowest BCUT2D eigenvalue weighted by Gasteiger charge is -2.08. The summed E-state index contributed by atoms with van der Waals surface area (Å²) < 4.78 is 5.08. The van der Waals surface area contributed by atoms with E-state index in [4.69, 9.17) is 0 Å². The van der Waals surface area contributed by atoms with Crippen LogP contribution in [0.3, 0.4) is 0 Å². The molecule has 10 aromatic rings. The van der Waals surface area contributed by atoms with Crippen LogP contribution in [0.1, 0.15) is 0 Å². The topological polar surface area (TPSA) is 20.7 Å². The van der Waals surface area contributed by atoms with Gasteiger partial charge in [-0.05, 0) is 77.2 Å². The van der Waals surface area contributed by atoms with E-state index in [9.17, 15) is 0 Å². The predicted molar refractivity (Wildman–Crippen MR) is 186 cm³/mol. The van der Waals surface area contributed by atoms with Gasteiger partial charge in [0.15, 0.2) is 0 Å². The van der Waals surface area contributed by atoms with Crippen molar-refractivity contribution in [3.63, 3.8) is 0 Å². The van der Waals surface area contributed by atoms with Gasteiger partial charge in [0.05, 0.1) is 11.0 Å². The molecule has 0 atom stereocenters. The van der Waals surface area contributed by atoms with Crippen molar-refractivity contribution in [2.45, 2.75) is 0 Å². The molecule has 0 saturated carbocycles. The average Bonchev–Trinajstić information content (AvgIpc) is 3.73. The fraction of sp³-hybridized carbons (Fsp3) is 0. The van der Waals surface area contributed by atoms with Gasteiger partial charge in [0.2, 0.25) is 0 Å². The summed E-state index contributed by atoms with van der Waals surface area (Å²) >= 11 is 1.89. The summed E-state index contributed by atoms with van der Waals surface area (Å²) in [6, 6.07) is 51.2. The van der Waals surface area contributed by atoms with Gasteiger partial charge in [-0.15, -0.1) is 11.3 Å². The monoisotopic (exact) mass is 564 g/mol. The molecule has 0 aliphatic carbocycles. The summed E-state index contributed by atoms with van der Waals surface area (Å²) in [4.78, 5) is 3.72. The van der Waals surface area contributed by atoms with E-state index in [1.165, 1.54) is 91.4 Å². The first-order valence-electron chi connectivity index (χ1n) is 14.7. The highest BCUT2D eigenvalue weighted by Gasteiger charge is 2.15. The van der Waals surface area contributed by atoms with E-state index in [2.05, 4.69) is 149 Å². The summed E-state index contributed by atoms with van der Waals surface area (Å²) in [5.41, 5.74) is 8.45. The maximum atomic E-state index is 3.72. The Kier molecular flexibility index (Phi) is 4.63. The van der Waals surface area contributed by atoms with Gasteiger partial charge >= 0.3 is 0 Å². The van der Waals surface area contributed by atoms with Crippen molar-refractivity contribution in [2.24, 2.45) is 0 Å². The first-order chi connectivity index (χ1) is 21.3. The summed E-state index contributed by atoms with van der Waals surface area (Å²) in [6.07, 6.45) is 0. The lowest BCUT2D eigenvalue weighted by atomic mass is 9.99. The molecule has 0 aliphatic heterocycles. The van der Waals surface area contributed by atoms with E-state index < -0.39 is 0 Å². The highest BCUT2D eigenvalue weighted by atomic mass is 32.1. The number of benzene rings is 7. The molecule has 0 fully saturated rings. The molecule has 43 heavy (non-hydrogen) atoms. The van der Waals surface area contributed by atoms with Crippen molar-refractivity contribution in [1.29, 1.82) is 0 Å². The lowest BCUT2D eigenvalue weighted by Crippen LogP contribution is -1.92. The van der Waals surface area contributed by atoms with Crippen molar-refractivity contribution in [1.82, 2.24) is 9.55 Å². The highest BCUT2D eigenvalue weighted by molar-refractivity contribution is 7.26. The zero-order valence-electron chi connectivity index (χ0n) is 23.1. The minimum absolute atomic E-state index is 1.17. The number of H-pyrrole nitrogens is 1. The maximum absolute atomic E-state index is 3.72. The van der Waals surface area contributed by atoms with Crippen molar-refractivity contribution < 1.29 is 0 Å². The van der Waals surface area contributed by atoms with Crippen LogP contribution in [-0.4, -0.2) is 9.55 Å². The Bertz CT molecular complexity index is 2720. The fourth-order valence-electron chi connectivity index (χ4n) is 7.09. The molecule has 3 heterocycles. The van der Waals surface area contributed by atoms with Crippen LogP contribution in [0.4, 0.5) is 0 Å². The Morgan fingerprint density at radius 1 is 0.442 bits per heavy atom. The van der Waals surface area contributed by atoms with E-state index in [0.29, 0.717) is 0 Å². The van der Waals surface area contributed by atoms with Crippen molar-refractivity contribution in [3.8, 4) is 16.8 Å². The highest BCUT2D eigenvalue weighted by Crippen LogP contribution is 2.41. The smallest absolute Gasteiger partial charge is 0.0541 e. The SMILES string of the molecule is c1ccc(-n2c3ccccc3c3cc(-c4ccc5[nH]c6cc7c(ccc8c9ccccc9sc78)cc6c5c4)ccc32)cc1. The number of aromatic nitrogens is 2. The zero-order chi connectivity index (χ0) is 28.1. The third-order valence-corrected chi connectivity index (χ3v) is 10.3. The van der Waals surface area contributed by atoms with Gasteiger partial charge in [-0.25, -0.2) is 0 Å². The van der Waals surface area contributed by atoms with Crippen molar-refractivity contribution >= 4 is 85.9 Å². The number of para-hydroxylation sites is 2. The Balaban J connectivity index is 1.17. The van der Waals surface area contributed by atoms with E-state index in [-0.39, 0.29) is 0 Å². The van der Waals surface area contributed by atoms with Gasteiger partial charge in [-0.2, -0.15) is 0 Å². The van der Waals surface area contributed by atoms with Crippen LogP contribution in [0.25, 0.3) is 91.4 Å². The van der Waals surface area contributed by atoms with Gasteiger partial charge in [0, 0.05) is 63.8 Å². The van der Waals surface area contributed by atoms with Gasteiger partial charge in [0.1, 0.15) is 0 Å². The van der Waals surface area contributed by atoms with Crippen LogP contribution in [0.5, 0.6) is 0 Å². The molecule has 3 heteroatoms. The molecule has 0 bridgehead atoms. The Morgan fingerprint density at radius 3 is 2.07 bits per heavy atom. The van der Waals surface area contributed by atoms with Gasteiger partial charge in [-0.1, -0.05) is 78.9 Å². The van der Waals surface area contributed by atoms with E-state index in [1.807, 2.05) is 11.3 Å². The first kappa shape index (κ1) is 23.2. The molecule has 0 saturated heterocycles. The number of thiophene rings is 1. The zero-order valence-corrected chi connectivity index (χ0v) is 24.0. The molecule has 0 unspecified atom stereocenters. The normalized spacial score (nSPS) is 12.2. The molecule has 0 radical (unpaired) electrons. The lowest BCUT2D eigenvalue weighted by molar-refractivity contribution is 1.18.